The zero-order valence-corrected chi connectivity index (χ0v) is 16.0. The maximum Gasteiger partial charge on any atom is 0.330 e. The number of ether oxygens (including phenoxy) is 2. The Morgan fingerprint density at radius 3 is 2.74 bits per heavy atom. The lowest BCUT2D eigenvalue weighted by atomic mass is 9.92. The predicted molar refractivity (Wildman–Crippen MR) is 96.9 cm³/mol. The molecule has 0 amide bonds. The van der Waals surface area contributed by atoms with Crippen molar-refractivity contribution in [2.24, 2.45) is 5.92 Å². The van der Waals surface area contributed by atoms with E-state index in [-0.39, 0.29) is 10.1 Å². The molecule has 0 spiro atoms. The highest BCUT2D eigenvalue weighted by Gasteiger charge is 2.38. The van der Waals surface area contributed by atoms with Gasteiger partial charge in [0, 0.05) is 19.4 Å². The van der Waals surface area contributed by atoms with E-state index in [9.17, 15) is 13.2 Å². The van der Waals surface area contributed by atoms with Crippen molar-refractivity contribution in [2.45, 2.75) is 48.3 Å². The number of hydrogen-bond donors (Lipinski definition) is 0. The summed E-state index contributed by atoms with van der Waals surface area (Å²) < 4.78 is 37.4. The molecule has 2 fully saturated rings. The van der Waals surface area contributed by atoms with Gasteiger partial charge in [-0.3, -0.25) is 0 Å². The number of pyridine rings is 1. The number of aromatic nitrogens is 3. The molecule has 8 nitrogen and oxygen atoms in total. The summed E-state index contributed by atoms with van der Waals surface area (Å²) in [6.07, 6.45) is 6.66. The van der Waals surface area contributed by atoms with Crippen LogP contribution >= 0.6 is 0 Å². The van der Waals surface area contributed by atoms with E-state index in [2.05, 4.69) is 10.1 Å². The first-order chi connectivity index (χ1) is 13.0. The van der Waals surface area contributed by atoms with Gasteiger partial charge < -0.3 is 9.47 Å². The molecule has 0 bridgehead atoms. The van der Waals surface area contributed by atoms with Crippen molar-refractivity contribution < 1.29 is 22.7 Å². The Labute approximate surface area is 157 Å². The zero-order valence-electron chi connectivity index (χ0n) is 15.2. The van der Waals surface area contributed by atoms with Gasteiger partial charge in [-0.05, 0) is 44.1 Å². The lowest BCUT2D eigenvalue weighted by molar-refractivity contribution is -0.145. The van der Waals surface area contributed by atoms with E-state index < -0.39 is 21.8 Å². The third kappa shape index (κ3) is 3.45. The third-order valence-electron chi connectivity index (χ3n) is 5.39. The fraction of sp³-hybridized carbons (Fsp3) is 0.611. The molecule has 1 saturated heterocycles. The largest absolute Gasteiger partial charge is 0.467 e. The van der Waals surface area contributed by atoms with E-state index in [1.54, 1.807) is 0 Å². The fourth-order valence-corrected chi connectivity index (χ4v) is 5.50. The highest BCUT2D eigenvalue weighted by molar-refractivity contribution is 7.92. The first-order valence-electron chi connectivity index (χ1n) is 9.24. The van der Waals surface area contributed by atoms with Crippen molar-refractivity contribution in [3.63, 3.8) is 0 Å². The number of carbonyl (C=O) groups is 1. The molecule has 0 N–H and O–H groups in total. The van der Waals surface area contributed by atoms with E-state index in [1.807, 2.05) is 0 Å². The summed E-state index contributed by atoms with van der Waals surface area (Å²) in [4.78, 5) is 17.0. The van der Waals surface area contributed by atoms with Gasteiger partial charge in [-0.2, -0.15) is 5.10 Å². The van der Waals surface area contributed by atoms with Crippen LogP contribution in [-0.2, 0) is 24.1 Å². The Balaban J connectivity index is 1.73. The summed E-state index contributed by atoms with van der Waals surface area (Å²) in [5.74, 6) is -0.0794. The van der Waals surface area contributed by atoms with Crippen LogP contribution in [-0.4, -0.2) is 54.7 Å². The quantitative estimate of drug-likeness (QED) is 0.691. The Hall–Kier alpha value is -2.00. The Morgan fingerprint density at radius 2 is 2.07 bits per heavy atom. The fourth-order valence-electron chi connectivity index (χ4n) is 3.69. The average molecular weight is 393 g/mol. The summed E-state index contributed by atoms with van der Waals surface area (Å²) >= 11 is 0. The number of methoxy groups -OCH3 is 1. The molecule has 27 heavy (non-hydrogen) atoms. The highest BCUT2D eigenvalue weighted by Crippen LogP contribution is 2.37. The van der Waals surface area contributed by atoms with Gasteiger partial charge in [0.2, 0.25) is 0 Å². The van der Waals surface area contributed by atoms with Crippen LogP contribution in [0.15, 0.2) is 23.4 Å². The lowest BCUT2D eigenvalue weighted by Gasteiger charge is -2.25. The summed E-state index contributed by atoms with van der Waals surface area (Å²) in [6.45, 7) is 1.36. The second-order valence-electron chi connectivity index (χ2n) is 7.21. The van der Waals surface area contributed by atoms with Gasteiger partial charge in [0.15, 0.2) is 21.5 Å². The van der Waals surface area contributed by atoms with Crippen LogP contribution in [0.25, 0.3) is 11.0 Å². The molecule has 3 heterocycles. The Kier molecular flexibility index (Phi) is 4.90. The van der Waals surface area contributed by atoms with Crippen LogP contribution in [0.3, 0.4) is 0 Å². The van der Waals surface area contributed by atoms with Crippen LogP contribution in [0.1, 0.15) is 38.1 Å². The van der Waals surface area contributed by atoms with Crippen LogP contribution < -0.4 is 0 Å². The molecule has 1 atom stereocenters. The van der Waals surface area contributed by atoms with Gasteiger partial charge >= 0.3 is 5.97 Å². The second-order valence-corrected chi connectivity index (χ2v) is 9.41. The Morgan fingerprint density at radius 1 is 1.33 bits per heavy atom. The number of esters is 1. The number of sulfone groups is 1. The molecule has 146 valence electrons. The van der Waals surface area contributed by atoms with Crippen LogP contribution in [0.4, 0.5) is 0 Å². The van der Waals surface area contributed by atoms with Crippen molar-refractivity contribution in [1.82, 2.24) is 14.8 Å². The Bertz CT molecular complexity index is 945. The van der Waals surface area contributed by atoms with E-state index >= 15 is 0 Å². The summed E-state index contributed by atoms with van der Waals surface area (Å²) in [6, 6.07) is 0.884. The number of rotatable bonds is 6. The number of fused-ring (bicyclic) bond motifs is 1. The van der Waals surface area contributed by atoms with Gasteiger partial charge in [0.25, 0.3) is 0 Å². The van der Waals surface area contributed by atoms with Crippen molar-refractivity contribution in [2.75, 3.05) is 20.3 Å². The van der Waals surface area contributed by atoms with E-state index in [4.69, 9.17) is 9.47 Å². The molecule has 1 aliphatic heterocycles. The monoisotopic (exact) mass is 393 g/mol. The number of nitrogens with zero attached hydrogens (tertiary/aromatic N) is 3. The average Bonchev–Trinajstić information content (AvgIpc) is 3.47. The first kappa shape index (κ1) is 18.4. The molecule has 2 aromatic heterocycles. The zero-order chi connectivity index (χ0) is 19.0. The van der Waals surface area contributed by atoms with E-state index in [0.29, 0.717) is 49.4 Å². The smallest absolute Gasteiger partial charge is 0.330 e. The minimum Gasteiger partial charge on any atom is -0.467 e. The van der Waals surface area contributed by atoms with Crippen molar-refractivity contribution in [1.29, 1.82) is 0 Å². The van der Waals surface area contributed by atoms with Crippen molar-refractivity contribution >= 4 is 26.8 Å². The number of hydrogen-bond acceptors (Lipinski definition) is 7. The lowest BCUT2D eigenvalue weighted by Crippen LogP contribution is -2.27. The SMILES string of the molecule is COC(=O)C(CC1CCOCC1)n1ncc2c(S(=O)(=O)C3CC3)ccnc21. The summed E-state index contributed by atoms with van der Waals surface area (Å²) in [5.41, 5.74) is 0.402. The minimum absolute atomic E-state index is 0.246. The molecule has 2 aliphatic rings. The van der Waals surface area contributed by atoms with Gasteiger partial charge in [-0.15, -0.1) is 0 Å². The van der Waals surface area contributed by atoms with E-state index in [1.165, 1.54) is 30.3 Å². The molecular weight excluding hydrogens is 370 g/mol. The standard InChI is InChI=1S/C18H23N3O5S/c1-25-18(22)15(10-12-5-8-26-9-6-12)21-17-14(11-20-21)16(4-7-19-17)27(23,24)13-2-3-13/h4,7,11-13,15H,2-3,5-6,8-10H2,1H3. The summed E-state index contributed by atoms with van der Waals surface area (Å²) in [7, 11) is -2.04. The third-order valence-corrected chi connectivity index (χ3v) is 7.71. The maximum atomic E-state index is 12.7. The van der Waals surface area contributed by atoms with Gasteiger partial charge in [-0.1, -0.05) is 0 Å². The molecule has 0 radical (unpaired) electrons. The highest BCUT2D eigenvalue weighted by atomic mass is 32.2. The predicted octanol–water partition coefficient (Wildman–Crippen LogP) is 1.90. The molecular formula is C18H23N3O5S. The van der Waals surface area contributed by atoms with Crippen LogP contribution in [0.2, 0.25) is 0 Å². The van der Waals surface area contributed by atoms with Crippen molar-refractivity contribution in [3.05, 3.63) is 18.5 Å². The molecule has 4 rings (SSSR count). The number of carbonyl (C=O) groups excluding carboxylic acids is 1. The maximum absolute atomic E-state index is 12.7. The van der Waals surface area contributed by atoms with Gasteiger partial charge in [0.1, 0.15) is 0 Å². The molecule has 9 heteroatoms. The normalized spacial score (nSPS) is 19.9. The second kappa shape index (κ2) is 7.20. The molecule has 1 saturated carbocycles. The molecule has 2 aromatic rings. The van der Waals surface area contributed by atoms with Crippen LogP contribution in [0.5, 0.6) is 0 Å². The van der Waals surface area contributed by atoms with Gasteiger partial charge in [0.05, 0.1) is 28.8 Å². The van der Waals surface area contributed by atoms with Crippen LogP contribution in [0, 0.1) is 5.92 Å². The molecule has 1 unspecified atom stereocenters. The topological polar surface area (TPSA) is 100 Å². The first-order valence-corrected chi connectivity index (χ1v) is 10.8. The molecule has 1 aliphatic carbocycles. The minimum atomic E-state index is -3.38. The van der Waals surface area contributed by atoms with E-state index in [0.717, 1.165) is 12.8 Å². The van der Waals surface area contributed by atoms with Crippen molar-refractivity contribution in [3.8, 4) is 0 Å². The van der Waals surface area contributed by atoms with Gasteiger partial charge in [-0.25, -0.2) is 22.9 Å². The summed E-state index contributed by atoms with van der Waals surface area (Å²) in [5, 5.41) is 4.49. The molecule has 0 aromatic carbocycles.